The summed E-state index contributed by atoms with van der Waals surface area (Å²) in [6, 6.07) is 5.20. The molecule has 0 saturated carbocycles. The van der Waals surface area contributed by atoms with E-state index in [9.17, 15) is 24.3 Å². The van der Waals surface area contributed by atoms with Gasteiger partial charge in [-0.05, 0) is 43.9 Å². The van der Waals surface area contributed by atoms with Crippen molar-refractivity contribution in [3.8, 4) is 0 Å². The average Bonchev–Trinajstić information content (AvgIpc) is 2.79. The lowest BCUT2D eigenvalue weighted by atomic mass is 9.76. The number of carboxylic acids is 1. The Morgan fingerprint density at radius 2 is 1.57 bits per heavy atom. The van der Waals surface area contributed by atoms with Gasteiger partial charge in [0, 0.05) is 23.6 Å². The second-order valence-electron chi connectivity index (χ2n) is 11.7. The van der Waals surface area contributed by atoms with E-state index in [2.05, 4.69) is 10.6 Å². The predicted octanol–water partition coefficient (Wildman–Crippen LogP) is 3.80. The topological polar surface area (TPSA) is 116 Å². The second-order valence-corrected chi connectivity index (χ2v) is 11.7. The zero-order valence-corrected chi connectivity index (χ0v) is 24.2. The van der Waals surface area contributed by atoms with E-state index in [1.165, 1.54) is 18.7 Å². The van der Waals surface area contributed by atoms with E-state index in [0.29, 0.717) is 5.56 Å². The van der Waals surface area contributed by atoms with Gasteiger partial charge >= 0.3 is 5.97 Å². The lowest BCUT2D eigenvalue weighted by Gasteiger charge is -2.40. The van der Waals surface area contributed by atoms with Gasteiger partial charge < -0.3 is 20.6 Å². The maximum Gasteiger partial charge on any atom is 0.331 e. The number of benzene rings is 1. The highest BCUT2D eigenvalue weighted by Gasteiger charge is 2.41. The minimum atomic E-state index is -1.04. The molecule has 3 atom stereocenters. The zero-order chi connectivity index (χ0) is 28.9. The monoisotopic (exact) mass is 515 g/mol. The molecule has 0 heterocycles. The lowest BCUT2D eigenvalue weighted by molar-refractivity contribution is -0.141. The smallest absolute Gasteiger partial charge is 0.331 e. The number of hydrogen-bond acceptors (Lipinski definition) is 5. The fourth-order valence-electron chi connectivity index (χ4n) is 4.43. The number of hydrogen-bond donors (Lipinski definition) is 3. The van der Waals surface area contributed by atoms with Gasteiger partial charge in [0.15, 0.2) is 5.78 Å². The van der Waals surface area contributed by atoms with Gasteiger partial charge in [-0.25, -0.2) is 4.79 Å². The van der Waals surface area contributed by atoms with Crippen molar-refractivity contribution in [2.45, 2.75) is 85.9 Å². The van der Waals surface area contributed by atoms with E-state index in [1.807, 2.05) is 54.5 Å². The minimum Gasteiger partial charge on any atom is -0.478 e. The summed E-state index contributed by atoms with van der Waals surface area (Å²) in [4.78, 5) is 52.3. The van der Waals surface area contributed by atoms with E-state index in [-0.39, 0.29) is 29.1 Å². The van der Waals surface area contributed by atoms with Crippen LogP contribution in [0.4, 0.5) is 0 Å². The van der Waals surface area contributed by atoms with Crippen molar-refractivity contribution in [3.05, 3.63) is 47.0 Å². The van der Waals surface area contributed by atoms with Crippen molar-refractivity contribution in [1.29, 1.82) is 0 Å². The molecule has 1 aromatic carbocycles. The molecule has 3 N–H and O–H groups in total. The molecule has 0 unspecified atom stereocenters. The molecule has 206 valence electrons. The molecule has 0 aliphatic heterocycles. The Labute approximate surface area is 221 Å². The summed E-state index contributed by atoms with van der Waals surface area (Å²) < 4.78 is 0. The Morgan fingerprint density at radius 3 is 2.00 bits per heavy atom. The van der Waals surface area contributed by atoms with Gasteiger partial charge in [0.25, 0.3) is 0 Å². The quantitative estimate of drug-likeness (QED) is 0.305. The van der Waals surface area contributed by atoms with Gasteiger partial charge in [-0.3, -0.25) is 14.4 Å². The molecule has 0 bridgehead atoms. The van der Waals surface area contributed by atoms with Gasteiger partial charge in [-0.2, -0.15) is 0 Å². The molecule has 37 heavy (non-hydrogen) atoms. The summed E-state index contributed by atoms with van der Waals surface area (Å²) in [6.45, 7) is 16.3. The first-order chi connectivity index (χ1) is 16.9. The third-order valence-electron chi connectivity index (χ3n) is 6.92. The number of Topliss-reactive ketones (excluding diaryl/α,β-unsaturated/α-hetero) is 1. The van der Waals surface area contributed by atoms with E-state index in [1.54, 1.807) is 38.4 Å². The summed E-state index contributed by atoms with van der Waals surface area (Å²) in [6.07, 6.45) is 1.58. The van der Waals surface area contributed by atoms with Crippen molar-refractivity contribution in [1.82, 2.24) is 15.5 Å². The van der Waals surface area contributed by atoms with Gasteiger partial charge in [0.05, 0.1) is 12.1 Å². The van der Waals surface area contributed by atoms with Gasteiger partial charge in [0.1, 0.15) is 6.04 Å². The first kappa shape index (κ1) is 32.0. The first-order valence-electron chi connectivity index (χ1n) is 12.6. The summed E-state index contributed by atoms with van der Waals surface area (Å²) in [5, 5.41) is 15.4. The first-order valence-corrected chi connectivity index (χ1v) is 12.6. The molecule has 8 heteroatoms. The standard InChI is InChI=1S/C29H45N3O5/c1-17(2)22(15-18(3)27(36)37)32(11)26(35)24(28(5,6)7)31-25(34)23(30-10)29(8,9)21-14-12-13-20(16-21)19(4)33/h12-17,22-24,30H,1-11H3,(H,31,34)(H,36,37)/t22-,23-,24-/m1/s1. The van der Waals surface area contributed by atoms with Crippen LogP contribution in [-0.2, 0) is 19.8 Å². The molecule has 8 nitrogen and oxygen atoms in total. The molecule has 0 saturated heterocycles. The number of carbonyl (C=O) groups is 4. The van der Waals surface area contributed by atoms with Crippen LogP contribution in [0.5, 0.6) is 0 Å². The summed E-state index contributed by atoms with van der Waals surface area (Å²) in [5.74, 6) is -1.80. The number of rotatable bonds is 11. The summed E-state index contributed by atoms with van der Waals surface area (Å²) >= 11 is 0. The summed E-state index contributed by atoms with van der Waals surface area (Å²) in [5.41, 5.74) is 0.211. The minimum absolute atomic E-state index is 0.0443. The number of carboxylic acid groups (broad SMARTS) is 1. The average molecular weight is 516 g/mol. The Balaban J connectivity index is 3.37. The van der Waals surface area contributed by atoms with Crippen molar-refractivity contribution in [2.24, 2.45) is 11.3 Å². The number of aliphatic carboxylic acids is 1. The number of nitrogens with zero attached hydrogens (tertiary/aromatic N) is 1. The zero-order valence-electron chi connectivity index (χ0n) is 24.2. The van der Waals surface area contributed by atoms with E-state index in [4.69, 9.17) is 0 Å². The molecule has 1 rings (SSSR count). The van der Waals surface area contributed by atoms with Crippen molar-refractivity contribution >= 4 is 23.6 Å². The van der Waals surface area contributed by atoms with Crippen LogP contribution in [0.25, 0.3) is 0 Å². The van der Waals surface area contributed by atoms with Gasteiger partial charge in [-0.1, -0.05) is 72.7 Å². The van der Waals surface area contributed by atoms with E-state index < -0.39 is 34.9 Å². The van der Waals surface area contributed by atoms with Gasteiger partial charge in [0.2, 0.25) is 11.8 Å². The Kier molecular flexibility index (Phi) is 10.8. The Morgan fingerprint density at radius 1 is 1.00 bits per heavy atom. The van der Waals surface area contributed by atoms with Crippen LogP contribution in [-0.4, -0.2) is 65.8 Å². The van der Waals surface area contributed by atoms with Crippen LogP contribution >= 0.6 is 0 Å². The Hall–Kier alpha value is -3.00. The van der Waals surface area contributed by atoms with E-state index >= 15 is 0 Å². The molecule has 0 spiro atoms. The number of amides is 2. The number of nitrogens with one attached hydrogen (secondary N) is 2. The summed E-state index contributed by atoms with van der Waals surface area (Å²) in [7, 11) is 3.32. The SMILES string of the molecule is CN[C@H](C(=O)N[C@H](C(=O)N(C)[C@H](C=C(C)C(=O)O)C(C)C)C(C)(C)C)C(C)(C)c1cccc(C(C)=O)c1. The van der Waals surface area contributed by atoms with Crippen LogP contribution in [0.2, 0.25) is 0 Å². The van der Waals surface area contributed by atoms with E-state index in [0.717, 1.165) is 5.56 Å². The fourth-order valence-corrected chi connectivity index (χ4v) is 4.43. The van der Waals surface area contributed by atoms with Crippen LogP contribution < -0.4 is 10.6 Å². The van der Waals surface area contributed by atoms with Crippen molar-refractivity contribution < 1.29 is 24.3 Å². The number of likely N-dealkylation sites (N-methyl/N-ethyl adjacent to an activating group) is 2. The van der Waals surface area contributed by atoms with Crippen LogP contribution in [0.1, 0.15) is 78.2 Å². The Bertz CT molecular complexity index is 1040. The van der Waals surface area contributed by atoms with Crippen LogP contribution in [0.3, 0.4) is 0 Å². The molecule has 2 amide bonds. The molecule has 1 aromatic rings. The fraction of sp³-hybridized carbons (Fsp3) is 0.586. The molecule has 0 aromatic heterocycles. The highest BCUT2D eigenvalue weighted by atomic mass is 16.4. The molecule has 0 radical (unpaired) electrons. The molecular weight excluding hydrogens is 470 g/mol. The highest BCUT2D eigenvalue weighted by molar-refractivity contribution is 5.94. The maximum atomic E-state index is 13.7. The van der Waals surface area contributed by atoms with Gasteiger partial charge in [-0.15, -0.1) is 0 Å². The predicted molar refractivity (Wildman–Crippen MR) is 146 cm³/mol. The van der Waals surface area contributed by atoms with Crippen LogP contribution in [0, 0.1) is 11.3 Å². The molecule has 0 fully saturated rings. The molecular formula is C29H45N3O5. The second kappa shape index (κ2) is 12.5. The highest BCUT2D eigenvalue weighted by Crippen LogP contribution is 2.30. The molecule has 0 aliphatic rings. The third kappa shape index (κ3) is 7.99. The van der Waals surface area contributed by atoms with Crippen molar-refractivity contribution in [3.63, 3.8) is 0 Å². The maximum absolute atomic E-state index is 13.7. The number of ketones is 1. The molecule has 0 aliphatic carbocycles. The van der Waals surface area contributed by atoms with Crippen molar-refractivity contribution in [2.75, 3.05) is 14.1 Å². The number of carbonyl (C=O) groups excluding carboxylic acids is 3. The lowest BCUT2D eigenvalue weighted by Crippen LogP contribution is -2.61. The largest absolute Gasteiger partial charge is 0.478 e. The normalized spacial score (nSPS) is 15.1. The third-order valence-corrected chi connectivity index (χ3v) is 6.92. The van der Waals surface area contributed by atoms with Crippen LogP contribution in [0.15, 0.2) is 35.9 Å².